The van der Waals surface area contributed by atoms with Gasteiger partial charge in [-0.3, -0.25) is 4.84 Å². The molecule has 0 atom stereocenters. The van der Waals surface area contributed by atoms with E-state index in [1.807, 2.05) is 6.07 Å². The Kier molecular flexibility index (Phi) is 3.31. The summed E-state index contributed by atoms with van der Waals surface area (Å²) in [5, 5.41) is 8.65. The van der Waals surface area contributed by atoms with Crippen molar-refractivity contribution < 1.29 is 4.84 Å². The molecule has 1 heterocycles. The molecule has 4 heteroatoms. The Morgan fingerprint density at radius 2 is 2.54 bits per heavy atom. The maximum Gasteiger partial charge on any atom is 0.167 e. The highest BCUT2D eigenvalue weighted by atomic mass is 16.6. The van der Waals surface area contributed by atoms with E-state index in [2.05, 4.69) is 16.4 Å². The van der Waals surface area contributed by atoms with Gasteiger partial charge in [-0.05, 0) is 12.1 Å². The molecule has 0 spiro atoms. The summed E-state index contributed by atoms with van der Waals surface area (Å²) in [5.74, 6) is 2.66. The monoisotopic (exact) mass is 173 g/mol. The summed E-state index contributed by atoms with van der Waals surface area (Å²) in [6.45, 7) is 0.126. The van der Waals surface area contributed by atoms with Gasteiger partial charge in [0, 0.05) is 6.20 Å². The van der Waals surface area contributed by atoms with Crippen molar-refractivity contribution in [2.45, 2.75) is 0 Å². The molecule has 4 nitrogen and oxygen atoms in total. The molecule has 0 aromatic carbocycles. The van der Waals surface area contributed by atoms with Gasteiger partial charge in [0.1, 0.15) is 12.7 Å². The zero-order valence-electron chi connectivity index (χ0n) is 6.82. The van der Waals surface area contributed by atoms with Gasteiger partial charge in [-0.1, -0.05) is 5.92 Å². The van der Waals surface area contributed by atoms with Gasteiger partial charge < -0.3 is 0 Å². The van der Waals surface area contributed by atoms with Crippen LogP contribution in [0.4, 0.5) is 5.82 Å². The molecule has 0 saturated heterocycles. The van der Waals surface area contributed by atoms with E-state index in [0.29, 0.717) is 11.4 Å². The van der Waals surface area contributed by atoms with Crippen molar-refractivity contribution >= 4 is 5.82 Å². The first-order valence-electron chi connectivity index (χ1n) is 3.55. The van der Waals surface area contributed by atoms with Crippen LogP contribution in [0, 0.1) is 23.7 Å². The standard InChI is InChI=1S/C9H7N3O/c1-2-6-13-12-9-8(7-10)4-3-5-11-9/h1,3-5H,6H2,(H,11,12). The molecule has 64 valence electrons. The number of terminal acetylenes is 1. The molecule has 0 bridgehead atoms. The van der Waals surface area contributed by atoms with E-state index < -0.39 is 0 Å². The van der Waals surface area contributed by atoms with Crippen molar-refractivity contribution in [3.05, 3.63) is 23.9 Å². The second-order valence-corrected chi connectivity index (χ2v) is 2.11. The predicted octanol–water partition coefficient (Wildman–Crippen LogP) is 0.930. The molecule has 13 heavy (non-hydrogen) atoms. The maximum atomic E-state index is 8.65. The van der Waals surface area contributed by atoms with Crippen LogP contribution in [0.25, 0.3) is 0 Å². The zero-order valence-corrected chi connectivity index (χ0v) is 6.82. The Morgan fingerprint density at radius 1 is 1.69 bits per heavy atom. The van der Waals surface area contributed by atoms with Gasteiger partial charge in [-0.25, -0.2) is 10.5 Å². The van der Waals surface area contributed by atoms with Crippen LogP contribution in [0.5, 0.6) is 0 Å². The molecule has 1 N–H and O–H groups in total. The van der Waals surface area contributed by atoms with Crippen molar-refractivity contribution in [3.63, 3.8) is 0 Å². The van der Waals surface area contributed by atoms with Gasteiger partial charge in [-0.15, -0.1) is 6.42 Å². The molecule has 0 aliphatic rings. The lowest BCUT2D eigenvalue weighted by Crippen LogP contribution is -2.04. The second kappa shape index (κ2) is 4.76. The van der Waals surface area contributed by atoms with E-state index in [1.165, 1.54) is 0 Å². The van der Waals surface area contributed by atoms with Gasteiger partial charge >= 0.3 is 0 Å². The summed E-state index contributed by atoms with van der Waals surface area (Å²) >= 11 is 0. The fourth-order valence-electron chi connectivity index (χ4n) is 0.723. The molecule has 0 radical (unpaired) electrons. The second-order valence-electron chi connectivity index (χ2n) is 2.11. The Labute approximate surface area is 76.1 Å². The van der Waals surface area contributed by atoms with Crippen LogP contribution in [-0.4, -0.2) is 11.6 Å². The summed E-state index contributed by atoms with van der Waals surface area (Å²) in [4.78, 5) is 8.71. The topological polar surface area (TPSA) is 57.9 Å². The first-order chi connectivity index (χ1) is 6.38. The molecule has 0 aliphatic carbocycles. The van der Waals surface area contributed by atoms with Crippen molar-refractivity contribution in [1.82, 2.24) is 4.98 Å². The number of hydrogen-bond acceptors (Lipinski definition) is 4. The number of nitrogens with zero attached hydrogens (tertiary/aromatic N) is 2. The first-order valence-corrected chi connectivity index (χ1v) is 3.55. The molecule has 1 aromatic heterocycles. The van der Waals surface area contributed by atoms with Crippen molar-refractivity contribution in [1.29, 1.82) is 5.26 Å². The van der Waals surface area contributed by atoms with Crippen LogP contribution in [0.3, 0.4) is 0 Å². The minimum atomic E-state index is 0.126. The van der Waals surface area contributed by atoms with Crippen LogP contribution in [0.15, 0.2) is 18.3 Å². The lowest BCUT2D eigenvalue weighted by molar-refractivity contribution is 0.232. The summed E-state index contributed by atoms with van der Waals surface area (Å²) in [6, 6.07) is 5.27. The number of hydrogen-bond donors (Lipinski definition) is 1. The van der Waals surface area contributed by atoms with E-state index in [-0.39, 0.29) is 6.61 Å². The van der Waals surface area contributed by atoms with Crippen LogP contribution in [0.2, 0.25) is 0 Å². The van der Waals surface area contributed by atoms with E-state index in [0.717, 1.165) is 0 Å². The summed E-state index contributed by atoms with van der Waals surface area (Å²) in [7, 11) is 0. The average molecular weight is 173 g/mol. The van der Waals surface area contributed by atoms with Crippen molar-refractivity contribution in [2.24, 2.45) is 0 Å². The maximum absolute atomic E-state index is 8.65. The SMILES string of the molecule is C#CCONc1ncccc1C#N. The fraction of sp³-hybridized carbons (Fsp3) is 0.111. The molecule has 1 rings (SSSR count). The van der Waals surface area contributed by atoms with E-state index in [9.17, 15) is 0 Å². The summed E-state index contributed by atoms with van der Waals surface area (Å²) in [6.07, 6.45) is 6.52. The Morgan fingerprint density at radius 3 is 3.23 bits per heavy atom. The average Bonchev–Trinajstić information content (AvgIpc) is 2.19. The number of pyridine rings is 1. The smallest absolute Gasteiger partial charge is 0.167 e. The quantitative estimate of drug-likeness (QED) is 0.419. The molecule has 1 aromatic rings. The van der Waals surface area contributed by atoms with Crippen LogP contribution in [-0.2, 0) is 4.84 Å². The van der Waals surface area contributed by atoms with Crippen molar-refractivity contribution in [2.75, 3.05) is 12.1 Å². The third-order valence-electron chi connectivity index (χ3n) is 1.25. The highest BCUT2D eigenvalue weighted by Crippen LogP contribution is 2.08. The number of nitrogens with one attached hydrogen (secondary N) is 1. The number of anilines is 1. The van der Waals surface area contributed by atoms with Gasteiger partial charge in [-0.2, -0.15) is 5.26 Å². The molecule has 0 fully saturated rings. The van der Waals surface area contributed by atoms with Crippen molar-refractivity contribution in [3.8, 4) is 18.4 Å². The predicted molar refractivity (Wildman–Crippen MR) is 47.4 cm³/mol. The van der Waals surface area contributed by atoms with E-state index in [4.69, 9.17) is 16.5 Å². The Bertz CT molecular complexity index is 362. The first kappa shape index (κ1) is 9.05. The fourth-order valence-corrected chi connectivity index (χ4v) is 0.723. The third-order valence-corrected chi connectivity index (χ3v) is 1.25. The van der Waals surface area contributed by atoms with Crippen LogP contribution >= 0.6 is 0 Å². The lowest BCUT2D eigenvalue weighted by atomic mass is 10.3. The van der Waals surface area contributed by atoms with Gasteiger partial charge in [0.2, 0.25) is 0 Å². The van der Waals surface area contributed by atoms with Gasteiger partial charge in [0.25, 0.3) is 0 Å². The number of aromatic nitrogens is 1. The van der Waals surface area contributed by atoms with Crippen LogP contribution < -0.4 is 5.48 Å². The largest absolute Gasteiger partial charge is 0.262 e. The molecule has 0 unspecified atom stereocenters. The minimum absolute atomic E-state index is 0.126. The number of rotatable bonds is 3. The Hall–Kier alpha value is -2.04. The highest BCUT2D eigenvalue weighted by molar-refractivity contribution is 5.49. The van der Waals surface area contributed by atoms with E-state index >= 15 is 0 Å². The molecule has 0 saturated carbocycles. The molecule has 0 aliphatic heterocycles. The minimum Gasteiger partial charge on any atom is -0.262 e. The molecule has 0 amide bonds. The van der Waals surface area contributed by atoms with Gasteiger partial charge in [0.15, 0.2) is 5.82 Å². The molecular weight excluding hydrogens is 166 g/mol. The Balaban J connectivity index is 2.67. The summed E-state index contributed by atoms with van der Waals surface area (Å²) < 4.78 is 0. The third kappa shape index (κ3) is 2.48. The lowest BCUT2D eigenvalue weighted by Gasteiger charge is -2.03. The number of nitriles is 1. The molecular formula is C9H7N3O. The van der Waals surface area contributed by atoms with Crippen LogP contribution in [0.1, 0.15) is 5.56 Å². The van der Waals surface area contributed by atoms with Gasteiger partial charge in [0.05, 0.1) is 5.56 Å². The summed E-state index contributed by atoms with van der Waals surface area (Å²) in [5.41, 5.74) is 2.91. The zero-order chi connectivity index (χ0) is 9.52. The van der Waals surface area contributed by atoms with E-state index in [1.54, 1.807) is 18.3 Å². The highest BCUT2D eigenvalue weighted by Gasteiger charge is 1.99. The normalized spacial score (nSPS) is 8.46.